The van der Waals surface area contributed by atoms with Crippen molar-refractivity contribution in [3.05, 3.63) is 35.8 Å². The standard InChI is InChI=1S/C16H19N4O/c1-11-8-13-14(4-7-17-15(13)19(11)2)20-10-12(9-18-20)16(21)5-3-6-16/h4,7-9,21H,3,5-6,10H2,1-2H3/q+1. The number of aryl methyl sites for hydroxylation is 2. The normalized spacial score (nSPS) is 20.3. The van der Waals surface area contributed by atoms with Crippen LogP contribution in [0.3, 0.4) is 0 Å². The summed E-state index contributed by atoms with van der Waals surface area (Å²) in [5.41, 5.74) is 3.62. The Kier molecular flexibility index (Phi) is 2.57. The van der Waals surface area contributed by atoms with Gasteiger partial charge in [0.2, 0.25) is 12.2 Å². The van der Waals surface area contributed by atoms with Gasteiger partial charge >= 0.3 is 0 Å². The van der Waals surface area contributed by atoms with Gasteiger partial charge in [-0.2, -0.15) is 0 Å². The second-order valence-corrected chi connectivity index (χ2v) is 6.12. The summed E-state index contributed by atoms with van der Waals surface area (Å²) in [6.45, 7) is 2.75. The van der Waals surface area contributed by atoms with E-state index in [0.717, 1.165) is 41.6 Å². The Morgan fingerprint density at radius 3 is 2.90 bits per heavy atom. The van der Waals surface area contributed by atoms with Crippen LogP contribution in [-0.4, -0.2) is 31.5 Å². The molecule has 0 amide bonds. The molecule has 0 aromatic carbocycles. The van der Waals surface area contributed by atoms with Crippen LogP contribution in [-0.2, 0) is 7.05 Å². The van der Waals surface area contributed by atoms with Gasteiger partial charge in [0, 0.05) is 25.0 Å². The Hall–Kier alpha value is -2.01. The van der Waals surface area contributed by atoms with Gasteiger partial charge < -0.3 is 9.67 Å². The van der Waals surface area contributed by atoms with Crippen LogP contribution in [0.25, 0.3) is 11.0 Å². The molecule has 0 spiro atoms. The SMILES string of the molecule is Cc1cc2c([N+]3=NC=C(C4(O)CCC4)C3)ccnc2n1C. The minimum Gasteiger partial charge on any atom is -0.385 e. The molecule has 2 aromatic heterocycles. The molecule has 0 unspecified atom stereocenters. The van der Waals surface area contributed by atoms with E-state index in [1.54, 1.807) is 0 Å². The lowest BCUT2D eigenvalue weighted by atomic mass is 9.75. The summed E-state index contributed by atoms with van der Waals surface area (Å²) >= 11 is 0. The molecule has 108 valence electrons. The van der Waals surface area contributed by atoms with Crippen LogP contribution in [0.2, 0.25) is 0 Å². The van der Waals surface area contributed by atoms with Gasteiger partial charge in [0.05, 0.1) is 16.6 Å². The van der Waals surface area contributed by atoms with E-state index in [1.165, 1.54) is 5.69 Å². The Labute approximate surface area is 123 Å². The first kappa shape index (κ1) is 12.7. The maximum absolute atomic E-state index is 10.5. The molecule has 0 saturated heterocycles. The molecule has 4 rings (SSSR count). The number of azo groups is 2. The fourth-order valence-electron chi connectivity index (χ4n) is 3.19. The maximum atomic E-state index is 10.5. The summed E-state index contributed by atoms with van der Waals surface area (Å²) in [7, 11) is 2.02. The number of aliphatic hydroxyl groups is 1. The topological polar surface area (TPSA) is 53.4 Å². The molecular formula is C16H19N4O+. The third-order valence-electron chi connectivity index (χ3n) is 4.88. The van der Waals surface area contributed by atoms with Crippen LogP contribution in [0.5, 0.6) is 0 Å². The van der Waals surface area contributed by atoms with E-state index >= 15 is 0 Å². The van der Waals surface area contributed by atoms with Crippen LogP contribution in [0.4, 0.5) is 5.69 Å². The van der Waals surface area contributed by atoms with Crippen molar-refractivity contribution in [3.8, 4) is 0 Å². The lowest BCUT2D eigenvalue weighted by Gasteiger charge is -2.36. The van der Waals surface area contributed by atoms with E-state index in [2.05, 4.69) is 27.7 Å². The predicted molar refractivity (Wildman–Crippen MR) is 79.6 cm³/mol. The van der Waals surface area contributed by atoms with Gasteiger partial charge in [0.15, 0.2) is 0 Å². The second kappa shape index (κ2) is 4.24. The van der Waals surface area contributed by atoms with Gasteiger partial charge in [-0.05, 0) is 37.4 Å². The minimum absolute atomic E-state index is 0.614. The quantitative estimate of drug-likeness (QED) is 0.862. The van der Waals surface area contributed by atoms with Gasteiger partial charge in [-0.1, -0.05) is 4.70 Å². The van der Waals surface area contributed by atoms with E-state index in [-0.39, 0.29) is 0 Å². The number of fused-ring (bicyclic) bond motifs is 1. The number of aromatic nitrogens is 2. The molecule has 1 saturated carbocycles. The Bertz CT molecular complexity index is 796. The van der Waals surface area contributed by atoms with Crippen LogP contribution in [0, 0.1) is 6.92 Å². The van der Waals surface area contributed by atoms with Crippen molar-refractivity contribution in [2.24, 2.45) is 12.2 Å². The minimum atomic E-state index is -0.614. The highest BCUT2D eigenvalue weighted by molar-refractivity contribution is 5.86. The molecule has 1 N–H and O–H groups in total. The molecular weight excluding hydrogens is 264 g/mol. The molecule has 0 atom stereocenters. The largest absolute Gasteiger partial charge is 0.385 e. The predicted octanol–water partition coefficient (Wildman–Crippen LogP) is 2.79. The van der Waals surface area contributed by atoms with Crippen molar-refractivity contribution in [2.45, 2.75) is 31.8 Å². The molecule has 21 heavy (non-hydrogen) atoms. The molecule has 1 aliphatic carbocycles. The van der Waals surface area contributed by atoms with Gasteiger partial charge in [0.25, 0.3) is 0 Å². The number of rotatable bonds is 2. The first-order chi connectivity index (χ1) is 10.1. The number of hydrogen-bond acceptors (Lipinski definition) is 3. The molecule has 5 heteroatoms. The van der Waals surface area contributed by atoms with Crippen molar-refractivity contribution in [2.75, 3.05) is 6.54 Å². The molecule has 3 heterocycles. The van der Waals surface area contributed by atoms with Gasteiger partial charge in [-0.15, -0.1) is 0 Å². The Morgan fingerprint density at radius 2 is 2.19 bits per heavy atom. The molecule has 5 nitrogen and oxygen atoms in total. The zero-order valence-electron chi connectivity index (χ0n) is 12.4. The van der Waals surface area contributed by atoms with Gasteiger partial charge in [-0.25, -0.2) is 4.98 Å². The third kappa shape index (κ3) is 1.77. The summed E-state index contributed by atoms with van der Waals surface area (Å²) in [4.78, 5) is 4.46. The van der Waals surface area contributed by atoms with Crippen molar-refractivity contribution >= 4 is 16.7 Å². The highest BCUT2D eigenvalue weighted by Crippen LogP contribution is 2.40. The fraction of sp³-hybridized carbons (Fsp3) is 0.438. The third-order valence-corrected chi connectivity index (χ3v) is 4.88. The van der Waals surface area contributed by atoms with Crippen molar-refractivity contribution in [1.82, 2.24) is 9.55 Å². The molecule has 2 aliphatic rings. The van der Waals surface area contributed by atoms with Crippen molar-refractivity contribution in [3.63, 3.8) is 0 Å². The lowest BCUT2D eigenvalue weighted by molar-refractivity contribution is -0.494. The number of nitrogens with zero attached hydrogens (tertiary/aromatic N) is 4. The molecule has 1 fully saturated rings. The van der Waals surface area contributed by atoms with E-state index in [4.69, 9.17) is 0 Å². The van der Waals surface area contributed by atoms with Crippen molar-refractivity contribution < 1.29 is 9.80 Å². The van der Waals surface area contributed by atoms with E-state index < -0.39 is 5.60 Å². The Balaban J connectivity index is 1.71. The highest BCUT2D eigenvalue weighted by Gasteiger charge is 2.43. The smallest absolute Gasteiger partial charge is 0.244 e. The zero-order valence-corrected chi connectivity index (χ0v) is 12.4. The average molecular weight is 283 g/mol. The first-order valence-electron chi connectivity index (χ1n) is 7.40. The molecule has 0 radical (unpaired) electrons. The maximum Gasteiger partial charge on any atom is 0.244 e. The van der Waals surface area contributed by atoms with Crippen LogP contribution < -0.4 is 0 Å². The van der Waals surface area contributed by atoms with Gasteiger partial charge in [0.1, 0.15) is 11.8 Å². The summed E-state index contributed by atoms with van der Waals surface area (Å²) in [5.74, 6) is 0. The van der Waals surface area contributed by atoms with E-state index in [9.17, 15) is 5.11 Å². The lowest BCUT2D eigenvalue weighted by Crippen LogP contribution is -2.40. The van der Waals surface area contributed by atoms with Crippen LogP contribution >= 0.6 is 0 Å². The number of pyridine rings is 1. The van der Waals surface area contributed by atoms with Crippen LogP contribution in [0.1, 0.15) is 25.0 Å². The van der Waals surface area contributed by atoms with E-state index in [1.807, 2.05) is 30.2 Å². The molecule has 0 bridgehead atoms. The zero-order chi connectivity index (χ0) is 14.6. The monoisotopic (exact) mass is 283 g/mol. The fourth-order valence-corrected chi connectivity index (χ4v) is 3.19. The summed E-state index contributed by atoms with van der Waals surface area (Å²) < 4.78 is 4.05. The highest BCUT2D eigenvalue weighted by atomic mass is 16.3. The van der Waals surface area contributed by atoms with Gasteiger partial charge in [-0.3, -0.25) is 0 Å². The van der Waals surface area contributed by atoms with E-state index in [0.29, 0.717) is 6.54 Å². The number of hydrogen-bond donors (Lipinski definition) is 1. The molecule has 1 aliphatic heterocycles. The summed E-state index contributed by atoms with van der Waals surface area (Å²) in [6.07, 6.45) is 6.48. The Morgan fingerprint density at radius 1 is 1.38 bits per heavy atom. The molecule has 2 aromatic rings. The van der Waals surface area contributed by atoms with Crippen LogP contribution in [0.15, 0.2) is 35.2 Å². The first-order valence-corrected chi connectivity index (χ1v) is 7.40. The average Bonchev–Trinajstić information content (AvgIpc) is 3.03. The van der Waals surface area contributed by atoms with Crippen molar-refractivity contribution in [1.29, 1.82) is 0 Å². The summed E-state index contributed by atoms with van der Waals surface area (Å²) in [5, 5.41) is 16.1. The summed E-state index contributed by atoms with van der Waals surface area (Å²) in [6, 6.07) is 4.14. The second-order valence-electron chi connectivity index (χ2n) is 6.12.